The molecule has 0 aliphatic rings. The molecule has 1 rings (SSSR count). The number of benzene rings is 1. The third-order valence-corrected chi connectivity index (χ3v) is 2.91. The summed E-state index contributed by atoms with van der Waals surface area (Å²) < 4.78 is 0. The van der Waals surface area contributed by atoms with Crippen molar-refractivity contribution in [1.29, 1.82) is 0 Å². The maximum atomic E-state index is 4.37. The predicted octanol–water partition coefficient (Wildman–Crippen LogP) is 5.34. The fraction of sp³-hybridized carbons (Fsp3) is 0.500. The average molecular weight is 272 g/mol. The van der Waals surface area contributed by atoms with Crippen molar-refractivity contribution in [3.05, 3.63) is 41.1 Å². The van der Waals surface area contributed by atoms with Gasteiger partial charge in [-0.25, -0.2) is 4.99 Å². The summed E-state index contributed by atoms with van der Waals surface area (Å²) in [4.78, 5) is 4.37. The Morgan fingerprint density at radius 1 is 1.20 bits per heavy atom. The summed E-state index contributed by atoms with van der Waals surface area (Å²) in [6, 6.07) is 6.55. The third-order valence-electron chi connectivity index (χ3n) is 2.91. The van der Waals surface area contributed by atoms with E-state index in [1.165, 1.54) is 16.7 Å². The minimum Gasteiger partial charge on any atom is -0.344 e. The standard InChI is InChI=1S/C18H28N2/c1-13(2)12-19-15(4)20-17-9-8-16(14(3)10-17)11-18(5,6)7/h8-10,12H,11H2,1-7H3,(H,19,20). The van der Waals surface area contributed by atoms with Gasteiger partial charge in [0, 0.05) is 11.9 Å². The van der Waals surface area contributed by atoms with Crippen molar-refractivity contribution in [2.75, 3.05) is 5.32 Å². The third kappa shape index (κ3) is 6.05. The molecule has 0 aliphatic heterocycles. The molecule has 0 heterocycles. The Morgan fingerprint density at radius 2 is 1.85 bits per heavy atom. The molecule has 110 valence electrons. The SMILES string of the molecule is CC(C)=C/N=C(\C)Nc1ccc(CC(C)(C)C)c(C)c1. The molecule has 0 saturated carbocycles. The Bertz CT molecular complexity index is 513. The van der Waals surface area contributed by atoms with Gasteiger partial charge in [0.05, 0.1) is 0 Å². The highest BCUT2D eigenvalue weighted by molar-refractivity contribution is 5.93. The zero-order valence-electron chi connectivity index (χ0n) is 14.0. The summed E-state index contributed by atoms with van der Waals surface area (Å²) in [7, 11) is 0. The van der Waals surface area contributed by atoms with Crippen LogP contribution in [0.15, 0.2) is 35.0 Å². The maximum absolute atomic E-state index is 4.37. The highest BCUT2D eigenvalue weighted by atomic mass is 15.0. The summed E-state index contributed by atoms with van der Waals surface area (Å²) in [5.41, 5.74) is 5.37. The second-order valence-electron chi connectivity index (χ2n) is 6.92. The molecule has 0 radical (unpaired) electrons. The van der Waals surface area contributed by atoms with Gasteiger partial charge in [-0.3, -0.25) is 0 Å². The Balaban J connectivity index is 2.83. The van der Waals surface area contributed by atoms with E-state index in [1.807, 2.05) is 27.0 Å². The number of hydrogen-bond acceptors (Lipinski definition) is 1. The molecule has 0 aromatic heterocycles. The van der Waals surface area contributed by atoms with Crippen LogP contribution in [0.4, 0.5) is 5.69 Å². The number of nitrogens with one attached hydrogen (secondary N) is 1. The number of allylic oxidation sites excluding steroid dienone is 1. The number of hydrogen-bond donors (Lipinski definition) is 1. The molecular formula is C18H28N2. The molecule has 0 unspecified atom stereocenters. The molecule has 2 nitrogen and oxygen atoms in total. The highest BCUT2D eigenvalue weighted by Gasteiger charge is 2.12. The molecule has 0 spiro atoms. The molecule has 0 fully saturated rings. The van der Waals surface area contributed by atoms with Gasteiger partial charge in [0.1, 0.15) is 5.84 Å². The van der Waals surface area contributed by atoms with Crippen LogP contribution in [0.1, 0.15) is 52.7 Å². The van der Waals surface area contributed by atoms with Gasteiger partial charge in [-0.2, -0.15) is 0 Å². The van der Waals surface area contributed by atoms with Crippen molar-refractivity contribution in [1.82, 2.24) is 0 Å². The average Bonchev–Trinajstić information content (AvgIpc) is 2.28. The van der Waals surface area contributed by atoms with Gasteiger partial charge in [0.2, 0.25) is 0 Å². The van der Waals surface area contributed by atoms with E-state index in [-0.39, 0.29) is 0 Å². The number of rotatable bonds is 3. The van der Waals surface area contributed by atoms with Crippen LogP contribution < -0.4 is 5.32 Å². The summed E-state index contributed by atoms with van der Waals surface area (Å²) in [6.45, 7) is 15.1. The van der Waals surface area contributed by atoms with E-state index >= 15 is 0 Å². The molecule has 0 amide bonds. The minimum atomic E-state index is 0.320. The number of nitrogens with zero attached hydrogens (tertiary/aromatic N) is 1. The normalized spacial score (nSPS) is 12.2. The monoisotopic (exact) mass is 272 g/mol. The minimum absolute atomic E-state index is 0.320. The number of aryl methyl sites for hydroxylation is 1. The van der Waals surface area contributed by atoms with E-state index in [9.17, 15) is 0 Å². The molecule has 20 heavy (non-hydrogen) atoms. The molecule has 1 aromatic rings. The number of anilines is 1. The highest BCUT2D eigenvalue weighted by Crippen LogP contribution is 2.24. The molecule has 2 heteroatoms. The van der Waals surface area contributed by atoms with E-state index in [4.69, 9.17) is 0 Å². The van der Waals surface area contributed by atoms with Gasteiger partial charge in [0.25, 0.3) is 0 Å². The van der Waals surface area contributed by atoms with Gasteiger partial charge < -0.3 is 5.32 Å². The van der Waals surface area contributed by atoms with Crippen molar-refractivity contribution in [3.8, 4) is 0 Å². The largest absolute Gasteiger partial charge is 0.344 e. The van der Waals surface area contributed by atoms with Crippen molar-refractivity contribution < 1.29 is 0 Å². The molecule has 0 aliphatic carbocycles. The summed E-state index contributed by atoms with van der Waals surface area (Å²) >= 11 is 0. The van der Waals surface area contributed by atoms with Crippen LogP contribution >= 0.6 is 0 Å². The summed E-state index contributed by atoms with van der Waals surface area (Å²) in [5.74, 6) is 0.911. The van der Waals surface area contributed by atoms with Crippen LogP contribution in [0.25, 0.3) is 0 Å². The van der Waals surface area contributed by atoms with E-state index in [0.717, 1.165) is 17.9 Å². The first-order chi connectivity index (χ1) is 9.17. The Hall–Kier alpha value is -1.57. The van der Waals surface area contributed by atoms with Crippen LogP contribution in [0.3, 0.4) is 0 Å². The number of amidine groups is 1. The van der Waals surface area contributed by atoms with Crippen LogP contribution in [0, 0.1) is 12.3 Å². The Kier molecular flexibility index (Phi) is 5.55. The van der Waals surface area contributed by atoms with Crippen LogP contribution in [-0.2, 0) is 6.42 Å². The first-order valence-corrected chi connectivity index (χ1v) is 7.22. The lowest BCUT2D eigenvalue weighted by molar-refractivity contribution is 0.410. The smallest absolute Gasteiger partial charge is 0.103 e. The number of aliphatic imine (C=N–C) groups is 1. The van der Waals surface area contributed by atoms with Gasteiger partial charge in [-0.15, -0.1) is 0 Å². The van der Waals surface area contributed by atoms with Gasteiger partial charge in [-0.05, 0) is 62.8 Å². The van der Waals surface area contributed by atoms with Crippen LogP contribution in [0.2, 0.25) is 0 Å². The second-order valence-corrected chi connectivity index (χ2v) is 6.92. The summed E-state index contributed by atoms with van der Waals surface area (Å²) in [5, 5.41) is 3.33. The Labute approximate surface area is 124 Å². The first-order valence-electron chi connectivity index (χ1n) is 7.22. The van der Waals surface area contributed by atoms with Crippen molar-refractivity contribution in [2.45, 2.75) is 54.9 Å². The lowest BCUT2D eigenvalue weighted by atomic mass is 9.86. The van der Waals surface area contributed by atoms with Crippen molar-refractivity contribution in [3.63, 3.8) is 0 Å². The zero-order chi connectivity index (χ0) is 15.3. The van der Waals surface area contributed by atoms with E-state index < -0.39 is 0 Å². The molecule has 0 saturated heterocycles. The lowest BCUT2D eigenvalue weighted by Gasteiger charge is -2.20. The molecule has 1 aromatic carbocycles. The fourth-order valence-corrected chi connectivity index (χ4v) is 2.01. The zero-order valence-corrected chi connectivity index (χ0v) is 14.0. The maximum Gasteiger partial charge on any atom is 0.103 e. The van der Waals surface area contributed by atoms with Crippen molar-refractivity contribution in [2.24, 2.45) is 10.4 Å². The topological polar surface area (TPSA) is 24.4 Å². The van der Waals surface area contributed by atoms with E-state index in [1.54, 1.807) is 0 Å². The molecule has 1 N–H and O–H groups in total. The van der Waals surface area contributed by atoms with Crippen molar-refractivity contribution >= 4 is 11.5 Å². The first kappa shape index (κ1) is 16.5. The molecule has 0 atom stereocenters. The summed E-state index contributed by atoms with van der Waals surface area (Å²) in [6.07, 6.45) is 2.98. The van der Waals surface area contributed by atoms with E-state index in [2.05, 4.69) is 56.2 Å². The predicted molar refractivity (Wildman–Crippen MR) is 90.5 cm³/mol. The van der Waals surface area contributed by atoms with Gasteiger partial charge >= 0.3 is 0 Å². The Morgan fingerprint density at radius 3 is 2.35 bits per heavy atom. The van der Waals surface area contributed by atoms with Gasteiger partial charge in [0.15, 0.2) is 0 Å². The quantitative estimate of drug-likeness (QED) is 0.583. The van der Waals surface area contributed by atoms with Crippen LogP contribution in [0.5, 0.6) is 0 Å². The van der Waals surface area contributed by atoms with Crippen LogP contribution in [-0.4, -0.2) is 5.84 Å². The van der Waals surface area contributed by atoms with E-state index in [0.29, 0.717) is 5.41 Å². The fourth-order valence-electron chi connectivity index (χ4n) is 2.01. The van der Waals surface area contributed by atoms with Gasteiger partial charge in [-0.1, -0.05) is 32.4 Å². The molecule has 0 bridgehead atoms. The molecular weight excluding hydrogens is 244 g/mol. The second kappa shape index (κ2) is 6.74. The lowest BCUT2D eigenvalue weighted by Crippen LogP contribution is -2.11.